The maximum absolute atomic E-state index is 4.32. The van der Waals surface area contributed by atoms with Crippen LogP contribution in [0, 0.1) is 6.92 Å². The monoisotopic (exact) mass is 357 g/mol. The van der Waals surface area contributed by atoms with E-state index in [0.717, 1.165) is 26.9 Å². The molecule has 17 heavy (non-hydrogen) atoms. The minimum absolute atomic E-state index is 0.765. The number of hydrogen-bond donors (Lipinski definition) is 1. The fraction of sp³-hybridized carbons (Fsp3) is 0.250. The van der Waals surface area contributed by atoms with E-state index in [2.05, 4.69) is 42.3 Å². The second-order valence-corrected chi connectivity index (χ2v) is 5.57. The van der Waals surface area contributed by atoms with Gasteiger partial charge in [0, 0.05) is 34.3 Å². The van der Waals surface area contributed by atoms with Gasteiger partial charge in [0.25, 0.3) is 0 Å². The van der Waals surface area contributed by atoms with Crippen molar-refractivity contribution in [3.05, 3.63) is 44.6 Å². The Morgan fingerprint density at radius 3 is 2.47 bits per heavy atom. The minimum atomic E-state index is 0.765. The van der Waals surface area contributed by atoms with Crippen LogP contribution < -0.4 is 5.32 Å². The highest BCUT2D eigenvalue weighted by molar-refractivity contribution is 9.11. The maximum Gasteiger partial charge on any atom is 0.0643 e. The summed E-state index contributed by atoms with van der Waals surface area (Å²) in [5.74, 6) is 0. The first kappa shape index (κ1) is 12.6. The van der Waals surface area contributed by atoms with Crippen LogP contribution >= 0.6 is 31.9 Å². The zero-order chi connectivity index (χ0) is 12.4. The zero-order valence-electron chi connectivity index (χ0n) is 9.67. The number of halogens is 2. The summed E-state index contributed by atoms with van der Waals surface area (Å²) >= 11 is 7.06. The molecule has 2 rings (SSSR count). The van der Waals surface area contributed by atoms with Gasteiger partial charge in [-0.15, -0.1) is 0 Å². The van der Waals surface area contributed by atoms with E-state index in [1.807, 2.05) is 43.0 Å². The number of rotatable bonds is 3. The van der Waals surface area contributed by atoms with Crippen LogP contribution in [-0.2, 0) is 13.6 Å². The predicted molar refractivity (Wildman–Crippen MR) is 77.1 cm³/mol. The summed E-state index contributed by atoms with van der Waals surface area (Å²) in [5.41, 5.74) is 3.33. The third-order valence-corrected chi connectivity index (χ3v) is 3.86. The number of nitrogens with one attached hydrogen (secondary N) is 1. The average Bonchev–Trinajstić information content (AvgIpc) is 2.57. The van der Waals surface area contributed by atoms with Gasteiger partial charge in [-0.1, -0.05) is 6.07 Å². The number of aromatic nitrogens is 2. The Labute approximate surface area is 117 Å². The Balaban J connectivity index is 2.15. The van der Waals surface area contributed by atoms with Crippen molar-refractivity contribution in [2.45, 2.75) is 13.5 Å². The molecule has 0 saturated carbocycles. The Kier molecular flexibility index (Phi) is 3.89. The quantitative estimate of drug-likeness (QED) is 0.902. The van der Waals surface area contributed by atoms with Gasteiger partial charge >= 0.3 is 0 Å². The Morgan fingerprint density at radius 1 is 1.29 bits per heavy atom. The highest BCUT2D eigenvalue weighted by Gasteiger charge is 2.06. The number of anilines is 1. The van der Waals surface area contributed by atoms with E-state index in [1.54, 1.807) is 0 Å². The molecule has 0 radical (unpaired) electrons. The van der Waals surface area contributed by atoms with E-state index in [9.17, 15) is 0 Å². The highest BCUT2D eigenvalue weighted by Crippen LogP contribution is 2.30. The molecule has 0 amide bonds. The van der Waals surface area contributed by atoms with Crippen LogP contribution in [0.1, 0.15) is 11.3 Å². The van der Waals surface area contributed by atoms with Gasteiger partial charge in [0.05, 0.1) is 11.4 Å². The summed E-state index contributed by atoms with van der Waals surface area (Å²) in [6, 6.07) is 6.03. The number of hydrogen-bond acceptors (Lipinski definition) is 2. The molecule has 2 aromatic rings. The van der Waals surface area contributed by atoms with Crippen LogP contribution in [0.4, 0.5) is 5.69 Å². The lowest BCUT2D eigenvalue weighted by molar-refractivity contribution is 0.756. The lowest BCUT2D eigenvalue weighted by Gasteiger charge is -2.09. The fourth-order valence-electron chi connectivity index (χ4n) is 1.67. The fourth-order valence-corrected chi connectivity index (χ4v) is 2.95. The first-order valence-electron chi connectivity index (χ1n) is 5.25. The molecule has 5 heteroatoms. The van der Waals surface area contributed by atoms with Crippen molar-refractivity contribution >= 4 is 37.5 Å². The van der Waals surface area contributed by atoms with E-state index >= 15 is 0 Å². The molecule has 0 unspecified atom stereocenters. The van der Waals surface area contributed by atoms with Gasteiger partial charge in [0.1, 0.15) is 0 Å². The van der Waals surface area contributed by atoms with Crippen LogP contribution in [0.5, 0.6) is 0 Å². The van der Waals surface area contributed by atoms with E-state index in [0.29, 0.717) is 0 Å². The summed E-state index contributed by atoms with van der Waals surface area (Å²) < 4.78 is 3.93. The molecule has 0 aliphatic carbocycles. The molecule has 0 fully saturated rings. The van der Waals surface area contributed by atoms with Crippen molar-refractivity contribution in [3.8, 4) is 0 Å². The highest BCUT2D eigenvalue weighted by atomic mass is 79.9. The number of aryl methyl sites for hydroxylation is 2. The molecule has 0 aliphatic heterocycles. The SMILES string of the molecule is Cc1nn(C)cc1CNc1c(Br)cccc1Br. The largest absolute Gasteiger partial charge is 0.379 e. The lowest BCUT2D eigenvalue weighted by atomic mass is 10.2. The van der Waals surface area contributed by atoms with E-state index in [4.69, 9.17) is 0 Å². The van der Waals surface area contributed by atoms with E-state index in [1.165, 1.54) is 5.56 Å². The normalized spacial score (nSPS) is 10.6. The first-order valence-corrected chi connectivity index (χ1v) is 6.83. The molecular weight excluding hydrogens is 346 g/mol. The number of benzene rings is 1. The molecule has 0 saturated heterocycles. The molecule has 1 N–H and O–H groups in total. The Hall–Kier alpha value is -0.810. The van der Waals surface area contributed by atoms with Crippen molar-refractivity contribution in [2.75, 3.05) is 5.32 Å². The van der Waals surface area contributed by atoms with Gasteiger partial charge in [-0.05, 0) is 50.9 Å². The second kappa shape index (κ2) is 5.23. The first-order chi connectivity index (χ1) is 8.08. The van der Waals surface area contributed by atoms with Crippen molar-refractivity contribution in [1.82, 2.24) is 9.78 Å². The topological polar surface area (TPSA) is 29.9 Å². The smallest absolute Gasteiger partial charge is 0.0643 e. The summed E-state index contributed by atoms with van der Waals surface area (Å²) in [4.78, 5) is 0. The van der Waals surface area contributed by atoms with Crippen molar-refractivity contribution in [1.29, 1.82) is 0 Å². The number of para-hydroxylation sites is 1. The third kappa shape index (κ3) is 2.90. The summed E-state index contributed by atoms with van der Waals surface area (Å²) in [6.07, 6.45) is 2.03. The van der Waals surface area contributed by atoms with Gasteiger partial charge in [0.2, 0.25) is 0 Å². The molecule has 0 bridgehead atoms. The van der Waals surface area contributed by atoms with Crippen LogP contribution in [0.25, 0.3) is 0 Å². The summed E-state index contributed by atoms with van der Waals surface area (Å²) in [6.45, 7) is 2.78. The lowest BCUT2D eigenvalue weighted by Crippen LogP contribution is -2.01. The molecule has 1 aromatic heterocycles. The maximum atomic E-state index is 4.32. The summed E-state index contributed by atoms with van der Waals surface area (Å²) in [7, 11) is 1.94. The summed E-state index contributed by atoms with van der Waals surface area (Å²) in [5, 5.41) is 7.73. The van der Waals surface area contributed by atoms with Crippen molar-refractivity contribution in [3.63, 3.8) is 0 Å². The Bertz CT molecular complexity index is 514. The van der Waals surface area contributed by atoms with Crippen LogP contribution in [0.2, 0.25) is 0 Å². The predicted octanol–water partition coefficient (Wildman–Crippen LogP) is 3.87. The standard InChI is InChI=1S/C12H13Br2N3/c1-8-9(7-17(2)16-8)6-15-12-10(13)4-3-5-11(12)14/h3-5,7,15H,6H2,1-2H3. The average molecular weight is 359 g/mol. The van der Waals surface area contributed by atoms with Crippen LogP contribution in [0.15, 0.2) is 33.3 Å². The van der Waals surface area contributed by atoms with E-state index in [-0.39, 0.29) is 0 Å². The van der Waals surface area contributed by atoms with Gasteiger partial charge < -0.3 is 5.32 Å². The Morgan fingerprint density at radius 2 is 1.94 bits per heavy atom. The molecule has 0 spiro atoms. The van der Waals surface area contributed by atoms with Crippen LogP contribution in [0.3, 0.4) is 0 Å². The van der Waals surface area contributed by atoms with Gasteiger partial charge in [-0.25, -0.2) is 0 Å². The number of nitrogens with zero attached hydrogens (tertiary/aromatic N) is 2. The van der Waals surface area contributed by atoms with Gasteiger partial charge in [-0.3, -0.25) is 4.68 Å². The molecule has 0 atom stereocenters. The van der Waals surface area contributed by atoms with Gasteiger partial charge in [-0.2, -0.15) is 5.10 Å². The molecule has 1 heterocycles. The molecule has 3 nitrogen and oxygen atoms in total. The second-order valence-electron chi connectivity index (χ2n) is 3.86. The third-order valence-electron chi connectivity index (χ3n) is 2.53. The van der Waals surface area contributed by atoms with Gasteiger partial charge in [0.15, 0.2) is 0 Å². The molecule has 1 aromatic carbocycles. The van der Waals surface area contributed by atoms with Crippen LogP contribution in [-0.4, -0.2) is 9.78 Å². The van der Waals surface area contributed by atoms with Crippen molar-refractivity contribution in [2.24, 2.45) is 7.05 Å². The van der Waals surface area contributed by atoms with E-state index < -0.39 is 0 Å². The minimum Gasteiger partial charge on any atom is -0.379 e. The molecule has 90 valence electrons. The molecule has 0 aliphatic rings. The molecular formula is C12H13Br2N3. The van der Waals surface area contributed by atoms with Crippen molar-refractivity contribution < 1.29 is 0 Å². The zero-order valence-corrected chi connectivity index (χ0v) is 12.8.